The van der Waals surface area contributed by atoms with Gasteiger partial charge in [-0.3, -0.25) is 0 Å². The van der Waals surface area contributed by atoms with Crippen LogP contribution in [0.25, 0.3) is 0 Å². The minimum atomic E-state index is -7.57. The van der Waals surface area contributed by atoms with E-state index in [9.17, 15) is 47.4 Å². The van der Waals surface area contributed by atoms with Crippen LogP contribution in [0, 0.1) is 0 Å². The highest BCUT2D eigenvalue weighted by Gasteiger charge is 2.86. The van der Waals surface area contributed by atoms with Crippen molar-refractivity contribution in [2.45, 2.75) is 23.0 Å². The van der Waals surface area contributed by atoms with Gasteiger partial charge >= 0.3 is 33.2 Å². The zero-order chi connectivity index (χ0) is 15.2. The molecule has 1 atom stereocenters. The van der Waals surface area contributed by atoms with E-state index >= 15 is 0 Å². The Morgan fingerprint density at radius 2 is 1.22 bits per heavy atom. The normalized spacial score (nSPS) is 18.6. The molecule has 0 bridgehead atoms. The molecule has 18 heavy (non-hydrogen) atoms. The zero-order valence-corrected chi connectivity index (χ0v) is 10.7. The van der Waals surface area contributed by atoms with E-state index in [1.54, 1.807) is 0 Å². The Hall–Kier alpha value is 0.0500. The Morgan fingerprint density at radius 3 is 1.39 bits per heavy atom. The fourth-order valence-electron chi connectivity index (χ4n) is 0.829. The summed E-state index contributed by atoms with van der Waals surface area (Å²) in [6, 6.07) is 0. The quantitative estimate of drug-likeness (QED) is 0.301. The average Bonchev–Trinajstić information content (AvgIpc) is 2.12. The van der Waals surface area contributed by atoms with Crippen molar-refractivity contribution in [3.63, 3.8) is 0 Å². The molecule has 0 N–H and O–H groups in total. The SMILES string of the molecule is O=S(=O)(F)C(F)(C(F)(F)CI)C(F)(F)C(F)(F)F. The molecule has 0 spiro atoms. The number of rotatable bonds is 4. The molecule has 0 fully saturated rings. The molecule has 0 aliphatic heterocycles. The van der Waals surface area contributed by atoms with Crippen LogP contribution in [0.4, 0.5) is 39.0 Å². The molecule has 110 valence electrons. The summed E-state index contributed by atoms with van der Waals surface area (Å²) >= 11 is 0.442. The lowest BCUT2D eigenvalue weighted by Crippen LogP contribution is -2.66. The highest BCUT2D eigenvalue weighted by molar-refractivity contribution is 14.1. The lowest BCUT2D eigenvalue weighted by molar-refractivity contribution is -0.336. The smallest absolute Gasteiger partial charge is 0.209 e. The van der Waals surface area contributed by atoms with E-state index < -0.39 is 37.7 Å². The summed E-state index contributed by atoms with van der Waals surface area (Å²) in [5.74, 6) is -12.9. The zero-order valence-electron chi connectivity index (χ0n) is 7.71. The molecule has 0 aliphatic carbocycles. The molecule has 0 saturated heterocycles. The Bertz CT molecular complexity index is 415. The largest absolute Gasteiger partial charge is 0.458 e. The molecular formula is C5H2F9IO2S. The van der Waals surface area contributed by atoms with Crippen molar-refractivity contribution in [2.24, 2.45) is 0 Å². The first-order valence-corrected chi connectivity index (χ1v) is 6.48. The number of hydrogen-bond donors (Lipinski definition) is 0. The van der Waals surface area contributed by atoms with Crippen LogP contribution in [0.3, 0.4) is 0 Å². The molecule has 0 rings (SSSR count). The molecule has 0 aromatic rings. The molecule has 0 amide bonds. The molecule has 0 radical (unpaired) electrons. The predicted molar refractivity (Wildman–Crippen MR) is 48.7 cm³/mol. The van der Waals surface area contributed by atoms with Gasteiger partial charge < -0.3 is 0 Å². The molecule has 0 saturated carbocycles. The van der Waals surface area contributed by atoms with Crippen LogP contribution in [0.1, 0.15) is 0 Å². The van der Waals surface area contributed by atoms with Crippen molar-refractivity contribution < 1.29 is 47.4 Å². The van der Waals surface area contributed by atoms with Crippen molar-refractivity contribution >= 4 is 32.8 Å². The Balaban J connectivity index is 6.33. The predicted octanol–water partition coefficient (Wildman–Crippen LogP) is 3.22. The summed E-state index contributed by atoms with van der Waals surface area (Å²) in [4.78, 5) is 0. The van der Waals surface area contributed by atoms with E-state index in [1.165, 1.54) is 0 Å². The second kappa shape index (κ2) is 4.56. The monoisotopic (exact) mass is 424 g/mol. The van der Waals surface area contributed by atoms with Crippen LogP contribution in [-0.2, 0) is 10.2 Å². The van der Waals surface area contributed by atoms with Gasteiger partial charge in [-0.25, -0.2) is 13.2 Å². The van der Waals surface area contributed by atoms with Gasteiger partial charge in [0.1, 0.15) is 0 Å². The topological polar surface area (TPSA) is 34.1 Å². The maximum atomic E-state index is 13.2. The fourth-order valence-corrected chi connectivity index (χ4v) is 2.46. The maximum absolute atomic E-state index is 13.2. The van der Waals surface area contributed by atoms with Gasteiger partial charge in [-0.15, -0.1) is 3.89 Å². The van der Waals surface area contributed by atoms with E-state index in [2.05, 4.69) is 0 Å². The van der Waals surface area contributed by atoms with Gasteiger partial charge in [0.25, 0.3) is 0 Å². The summed E-state index contributed by atoms with van der Waals surface area (Å²) in [7, 11) is -7.57. The number of hydrogen-bond acceptors (Lipinski definition) is 2. The molecule has 2 nitrogen and oxygen atoms in total. The first-order chi connectivity index (χ1) is 7.56. The third-order valence-electron chi connectivity index (χ3n) is 1.73. The minimum absolute atomic E-state index is 0.442. The van der Waals surface area contributed by atoms with Gasteiger partial charge in [0.15, 0.2) is 0 Å². The molecule has 0 aliphatic rings. The van der Waals surface area contributed by atoms with Gasteiger partial charge in [-0.2, -0.15) is 30.4 Å². The lowest BCUT2D eigenvalue weighted by Gasteiger charge is -2.35. The van der Waals surface area contributed by atoms with Crippen LogP contribution in [0.15, 0.2) is 0 Å². The van der Waals surface area contributed by atoms with Gasteiger partial charge in [0.05, 0.1) is 4.43 Å². The highest BCUT2D eigenvalue weighted by Crippen LogP contribution is 2.55. The summed E-state index contributed by atoms with van der Waals surface area (Å²) < 4.78 is 129. The summed E-state index contributed by atoms with van der Waals surface area (Å²) in [5, 5.41) is -6.73. The van der Waals surface area contributed by atoms with Gasteiger partial charge in [0, 0.05) is 0 Å². The molecular weight excluding hydrogens is 422 g/mol. The molecule has 13 heteroatoms. The van der Waals surface area contributed by atoms with Crippen molar-refractivity contribution in [1.82, 2.24) is 0 Å². The fraction of sp³-hybridized carbons (Fsp3) is 1.00. The highest BCUT2D eigenvalue weighted by atomic mass is 127. The third kappa shape index (κ3) is 2.38. The minimum Gasteiger partial charge on any atom is -0.209 e. The van der Waals surface area contributed by atoms with Crippen LogP contribution >= 0.6 is 22.6 Å². The molecule has 0 aromatic heterocycles. The van der Waals surface area contributed by atoms with Crippen LogP contribution < -0.4 is 0 Å². The lowest BCUT2D eigenvalue weighted by atomic mass is 10.1. The summed E-state index contributed by atoms with van der Waals surface area (Å²) in [6.45, 7) is 0. The van der Waals surface area contributed by atoms with Crippen molar-refractivity contribution in [2.75, 3.05) is 4.43 Å². The van der Waals surface area contributed by atoms with E-state index in [1.807, 2.05) is 0 Å². The second-order valence-electron chi connectivity index (χ2n) is 2.94. The van der Waals surface area contributed by atoms with Crippen LogP contribution in [-0.4, -0.2) is 35.9 Å². The summed E-state index contributed by atoms with van der Waals surface area (Å²) in [6.07, 6.45) is -7.02. The number of halogens is 10. The van der Waals surface area contributed by atoms with Gasteiger partial charge in [-0.05, 0) is 0 Å². The van der Waals surface area contributed by atoms with E-state index in [0.29, 0.717) is 22.6 Å². The van der Waals surface area contributed by atoms with Crippen molar-refractivity contribution in [3.8, 4) is 0 Å². The van der Waals surface area contributed by atoms with E-state index in [-0.39, 0.29) is 0 Å². The van der Waals surface area contributed by atoms with E-state index in [0.717, 1.165) is 0 Å². The Kier molecular flexibility index (Phi) is 4.57. The molecule has 0 heterocycles. The average molecular weight is 424 g/mol. The summed E-state index contributed by atoms with van der Waals surface area (Å²) in [5.41, 5.74) is 0. The first-order valence-electron chi connectivity index (χ1n) is 3.57. The first kappa shape index (κ1) is 18.0. The second-order valence-corrected chi connectivity index (χ2v) is 5.14. The standard InChI is InChI=1S/C5H2F9IO2S/c6-2(7,1-15)4(10,18(14,16)17)3(8,9)5(11,12)13/h1H2. The van der Waals surface area contributed by atoms with Gasteiger partial charge in [-0.1, -0.05) is 22.6 Å². The van der Waals surface area contributed by atoms with Crippen molar-refractivity contribution in [3.05, 3.63) is 0 Å². The molecule has 1 unspecified atom stereocenters. The number of alkyl halides is 9. The Labute approximate surface area is 108 Å². The van der Waals surface area contributed by atoms with Crippen molar-refractivity contribution in [1.29, 1.82) is 0 Å². The Morgan fingerprint density at radius 1 is 0.889 bits per heavy atom. The van der Waals surface area contributed by atoms with E-state index in [4.69, 9.17) is 0 Å². The molecule has 0 aromatic carbocycles. The third-order valence-corrected chi connectivity index (χ3v) is 3.92. The van der Waals surface area contributed by atoms with Crippen LogP contribution in [0.2, 0.25) is 0 Å². The van der Waals surface area contributed by atoms with Gasteiger partial charge in [0.2, 0.25) is 0 Å². The van der Waals surface area contributed by atoms with Crippen LogP contribution in [0.5, 0.6) is 0 Å². The maximum Gasteiger partial charge on any atom is 0.458 e.